The van der Waals surface area contributed by atoms with Gasteiger partial charge in [-0.2, -0.15) is 0 Å². The van der Waals surface area contributed by atoms with Gasteiger partial charge in [0.1, 0.15) is 5.60 Å². The molecule has 0 aromatic rings. The molecule has 1 rings (SSSR count). The Bertz CT molecular complexity index is 342. The SMILES string of the molecule is CNCC(F)(F)C1(C)CCN(C(=O)OC(C)(C)C)C1. The fourth-order valence-corrected chi connectivity index (χ4v) is 2.18. The van der Waals surface area contributed by atoms with E-state index in [-0.39, 0.29) is 19.5 Å². The highest BCUT2D eigenvalue weighted by atomic mass is 19.3. The number of halogens is 2. The lowest BCUT2D eigenvalue weighted by Gasteiger charge is -2.33. The summed E-state index contributed by atoms with van der Waals surface area (Å²) in [7, 11) is 1.50. The molecule has 19 heavy (non-hydrogen) atoms. The first kappa shape index (κ1) is 16.1. The van der Waals surface area contributed by atoms with E-state index in [0.717, 1.165) is 0 Å². The van der Waals surface area contributed by atoms with Crippen LogP contribution in [0.1, 0.15) is 34.1 Å². The molecule has 1 amide bonds. The van der Waals surface area contributed by atoms with Crippen molar-refractivity contribution in [2.45, 2.75) is 45.6 Å². The van der Waals surface area contributed by atoms with Gasteiger partial charge in [0.2, 0.25) is 0 Å². The van der Waals surface area contributed by atoms with Crippen LogP contribution in [0.15, 0.2) is 0 Å². The number of amides is 1. The van der Waals surface area contributed by atoms with Crippen LogP contribution < -0.4 is 5.32 Å². The highest BCUT2D eigenvalue weighted by Crippen LogP contribution is 2.43. The van der Waals surface area contributed by atoms with Gasteiger partial charge in [0.25, 0.3) is 5.92 Å². The Hall–Kier alpha value is -0.910. The van der Waals surface area contributed by atoms with Crippen LogP contribution in [0.4, 0.5) is 13.6 Å². The monoisotopic (exact) mass is 278 g/mol. The van der Waals surface area contributed by atoms with E-state index in [0.29, 0.717) is 6.54 Å². The Morgan fingerprint density at radius 3 is 2.47 bits per heavy atom. The van der Waals surface area contributed by atoms with Crippen LogP contribution in [-0.4, -0.2) is 49.2 Å². The molecule has 1 fully saturated rings. The summed E-state index contributed by atoms with van der Waals surface area (Å²) < 4.78 is 33.3. The average molecular weight is 278 g/mol. The molecule has 0 saturated carbocycles. The summed E-state index contributed by atoms with van der Waals surface area (Å²) in [4.78, 5) is 13.2. The molecular weight excluding hydrogens is 254 g/mol. The number of nitrogens with zero attached hydrogens (tertiary/aromatic N) is 1. The van der Waals surface area contributed by atoms with Crippen LogP contribution in [0, 0.1) is 5.41 Å². The number of ether oxygens (including phenoxy) is 1. The lowest BCUT2D eigenvalue weighted by atomic mass is 9.82. The quantitative estimate of drug-likeness (QED) is 0.862. The van der Waals surface area contributed by atoms with Gasteiger partial charge in [-0.25, -0.2) is 13.6 Å². The second kappa shape index (κ2) is 5.23. The molecule has 0 radical (unpaired) electrons. The van der Waals surface area contributed by atoms with Crippen LogP contribution in [-0.2, 0) is 4.74 Å². The van der Waals surface area contributed by atoms with Gasteiger partial charge < -0.3 is 15.0 Å². The molecule has 0 aromatic heterocycles. The zero-order valence-electron chi connectivity index (χ0n) is 12.3. The van der Waals surface area contributed by atoms with E-state index < -0.39 is 23.0 Å². The van der Waals surface area contributed by atoms with Crippen molar-refractivity contribution in [1.29, 1.82) is 0 Å². The van der Waals surface area contributed by atoms with Crippen molar-refractivity contribution in [2.24, 2.45) is 5.41 Å². The number of carbonyl (C=O) groups is 1. The maximum atomic E-state index is 14.0. The van der Waals surface area contributed by atoms with E-state index >= 15 is 0 Å². The summed E-state index contributed by atoms with van der Waals surface area (Å²) in [6, 6.07) is 0. The molecule has 1 N–H and O–H groups in total. The largest absolute Gasteiger partial charge is 0.444 e. The van der Waals surface area contributed by atoms with E-state index in [9.17, 15) is 13.6 Å². The van der Waals surface area contributed by atoms with Crippen molar-refractivity contribution in [3.8, 4) is 0 Å². The van der Waals surface area contributed by atoms with Crippen LogP contribution in [0.5, 0.6) is 0 Å². The standard InChI is InChI=1S/C13H24F2N2O2/c1-11(2,3)19-10(18)17-7-6-12(4,9-17)13(14,15)8-16-5/h16H,6-9H2,1-5H3. The molecule has 1 saturated heterocycles. The smallest absolute Gasteiger partial charge is 0.410 e. The maximum absolute atomic E-state index is 14.0. The van der Waals surface area contributed by atoms with E-state index in [1.807, 2.05) is 0 Å². The molecular formula is C13H24F2N2O2. The summed E-state index contributed by atoms with van der Waals surface area (Å²) in [5, 5.41) is 2.51. The van der Waals surface area contributed by atoms with Crippen molar-refractivity contribution < 1.29 is 18.3 Å². The van der Waals surface area contributed by atoms with Crippen LogP contribution in [0.3, 0.4) is 0 Å². The molecule has 0 bridgehead atoms. The fraction of sp³-hybridized carbons (Fsp3) is 0.923. The molecule has 1 unspecified atom stereocenters. The highest BCUT2D eigenvalue weighted by molar-refractivity contribution is 5.68. The van der Waals surface area contributed by atoms with Gasteiger partial charge in [0, 0.05) is 13.1 Å². The molecule has 0 spiro atoms. The molecule has 1 aliphatic rings. The lowest BCUT2D eigenvalue weighted by Crippen LogP contribution is -2.48. The minimum atomic E-state index is -2.85. The third-order valence-electron chi connectivity index (χ3n) is 3.41. The summed E-state index contributed by atoms with van der Waals surface area (Å²) in [6.07, 6.45) is -0.238. The number of rotatable bonds is 3. The zero-order chi connectivity index (χ0) is 14.9. The molecule has 0 aliphatic carbocycles. The predicted molar refractivity (Wildman–Crippen MR) is 69.4 cm³/mol. The van der Waals surface area contributed by atoms with Gasteiger partial charge in [-0.1, -0.05) is 6.92 Å². The molecule has 112 valence electrons. The number of hydrogen-bond donors (Lipinski definition) is 1. The highest BCUT2D eigenvalue weighted by Gasteiger charge is 2.54. The fourth-order valence-electron chi connectivity index (χ4n) is 2.18. The molecule has 1 atom stereocenters. The Morgan fingerprint density at radius 2 is 2.00 bits per heavy atom. The lowest BCUT2D eigenvalue weighted by molar-refractivity contribution is -0.104. The maximum Gasteiger partial charge on any atom is 0.410 e. The third kappa shape index (κ3) is 3.78. The van der Waals surface area contributed by atoms with E-state index in [1.165, 1.54) is 18.9 Å². The van der Waals surface area contributed by atoms with Crippen molar-refractivity contribution in [1.82, 2.24) is 10.2 Å². The van der Waals surface area contributed by atoms with E-state index in [1.54, 1.807) is 20.8 Å². The number of nitrogens with one attached hydrogen (secondary N) is 1. The Balaban J connectivity index is 2.69. The topological polar surface area (TPSA) is 41.6 Å². The van der Waals surface area contributed by atoms with Crippen molar-refractivity contribution in [3.63, 3.8) is 0 Å². The number of hydrogen-bond acceptors (Lipinski definition) is 3. The number of carbonyl (C=O) groups excluding carboxylic acids is 1. The Morgan fingerprint density at radius 1 is 1.42 bits per heavy atom. The first-order valence-corrected chi connectivity index (χ1v) is 6.51. The van der Waals surface area contributed by atoms with Crippen LogP contribution >= 0.6 is 0 Å². The molecule has 0 aromatic carbocycles. The summed E-state index contributed by atoms with van der Waals surface area (Å²) in [5.74, 6) is -2.85. The molecule has 1 aliphatic heterocycles. The zero-order valence-corrected chi connectivity index (χ0v) is 12.3. The van der Waals surface area contributed by atoms with Gasteiger partial charge in [0.15, 0.2) is 0 Å². The molecule has 4 nitrogen and oxygen atoms in total. The van der Waals surface area contributed by atoms with Gasteiger partial charge in [-0.15, -0.1) is 0 Å². The van der Waals surface area contributed by atoms with Crippen molar-refractivity contribution in [3.05, 3.63) is 0 Å². The summed E-state index contributed by atoms with van der Waals surface area (Å²) in [6.45, 7) is 6.75. The second-order valence-electron chi connectivity index (χ2n) is 6.45. The summed E-state index contributed by atoms with van der Waals surface area (Å²) >= 11 is 0. The van der Waals surface area contributed by atoms with Gasteiger partial charge in [-0.05, 0) is 34.2 Å². The third-order valence-corrected chi connectivity index (χ3v) is 3.41. The normalized spacial score (nSPS) is 24.7. The van der Waals surface area contributed by atoms with Gasteiger partial charge in [-0.3, -0.25) is 0 Å². The molecule has 6 heteroatoms. The Kier molecular flexibility index (Phi) is 4.44. The van der Waals surface area contributed by atoms with E-state index in [2.05, 4.69) is 5.32 Å². The second-order valence-corrected chi connectivity index (χ2v) is 6.45. The Labute approximate surface area is 113 Å². The molecule has 1 heterocycles. The minimum Gasteiger partial charge on any atom is -0.444 e. The first-order valence-electron chi connectivity index (χ1n) is 6.51. The van der Waals surface area contributed by atoms with Gasteiger partial charge in [0.05, 0.1) is 12.0 Å². The van der Waals surface area contributed by atoms with Crippen LogP contribution in [0.2, 0.25) is 0 Å². The summed E-state index contributed by atoms with van der Waals surface area (Å²) in [5.41, 5.74) is -1.81. The van der Waals surface area contributed by atoms with Crippen molar-refractivity contribution >= 4 is 6.09 Å². The van der Waals surface area contributed by atoms with E-state index in [4.69, 9.17) is 4.74 Å². The number of alkyl halides is 2. The predicted octanol–water partition coefficient (Wildman–Crippen LogP) is 2.49. The first-order chi connectivity index (χ1) is 8.51. The minimum absolute atomic E-state index is 0.0244. The average Bonchev–Trinajstić information content (AvgIpc) is 2.60. The van der Waals surface area contributed by atoms with Gasteiger partial charge >= 0.3 is 6.09 Å². The van der Waals surface area contributed by atoms with Crippen LogP contribution in [0.25, 0.3) is 0 Å². The number of likely N-dealkylation sites (tertiary alicyclic amines) is 1. The van der Waals surface area contributed by atoms with Crippen molar-refractivity contribution in [2.75, 3.05) is 26.7 Å².